The lowest BCUT2D eigenvalue weighted by molar-refractivity contribution is -0.130. The Morgan fingerprint density at radius 1 is 1.38 bits per heavy atom. The molecule has 0 radical (unpaired) electrons. The summed E-state index contributed by atoms with van der Waals surface area (Å²) >= 11 is 0. The first kappa shape index (κ1) is 20.8. The van der Waals surface area contributed by atoms with Crippen LogP contribution >= 0.6 is 0 Å². The molecule has 1 fully saturated rings. The Bertz CT molecular complexity index is 675. The van der Waals surface area contributed by atoms with E-state index < -0.39 is 22.0 Å². The highest BCUT2D eigenvalue weighted by molar-refractivity contribution is 7.89. The zero-order valence-electron chi connectivity index (χ0n) is 15.4. The molecule has 1 aliphatic heterocycles. The van der Waals surface area contributed by atoms with Crippen LogP contribution in [-0.4, -0.2) is 51.9 Å². The number of carbonyl (C=O) groups is 1. The molecule has 2 rings (SSSR count). The van der Waals surface area contributed by atoms with E-state index in [2.05, 4.69) is 10.6 Å². The van der Waals surface area contributed by atoms with Gasteiger partial charge >= 0.3 is 0 Å². The Labute approximate surface area is 155 Å². The summed E-state index contributed by atoms with van der Waals surface area (Å²) < 4.78 is 28.7. The average Bonchev–Trinajstić information content (AvgIpc) is 3.09. The molecular weight excluding hydrogens is 354 g/mol. The molecule has 0 aliphatic carbocycles. The topological polar surface area (TPSA) is 111 Å². The van der Waals surface area contributed by atoms with E-state index >= 15 is 0 Å². The predicted octanol–water partition coefficient (Wildman–Crippen LogP) is 0.406. The summed E-state index contributed by atoms with van der Waals surface area (Å²) in [7, 11) is -2.12. The van der Waals surface area contributed by atoms with Crippen LogP contribution in [0.15, 0.2) is 30.3 Å². The summed E-state index contributed by atoms with van der Waals surface area (Å²) in [5, 5.41) is 11.4. The molecule has 1 heterocycles. The molecule has 0 unspecified atom stereocenters. The van der Waals surface area contributed by atoms with E-state index in [0.717, 1.165) is 24.9 Å². The van der Waals surface area contributed by atoms with E-state index in [-0.39, 0.29) is 23.8 Å². The number of hydrogen-bond acceptors (Lipinski definition) is 5. The minimum atomic E-state index is -3.71. The van der Waals surface area contributed by atoms with Crippen LogP contribution in [0.2, 0.25) is 0 Å². The molecular formula is C18H29N3O4S. The van der Waals surface area contributed by atoms with Crippen molar-refractivity contribution in [1.82, 2.24) is 10.6 Å². The summed E-state index contributed by atoms with van der Waals surface area (Å²) in [6.45, 7) is 2.72. The summed E-state index contributed by atoms with van der Waals surface area (Å²) in [5.74, 6) is -0.941. The zero-order valence-corrected chi connectivity index (χ0v) is 16.2. The van der Waals surface area contributed by atoms with Crippen molar-refractivity contribution in [1.29, 1.82) is 0 Å². The maximum atomic E-state index is 12.7. The number of nitrogens with two attached hydrogens (primary N) is 1. The molecule has 4 atom stereocenters. The van der Waals surface area contributed by atoms with Crippen LogP contribution in [0.5, 0.6) is 0 Å². The number of nitrogens with one attached hydrogen (secondary N) is 2. The van der Waals surface area contributed by atoms with Gasteiger partial charge in [-0.25, -0.2) is 13.6 Å². The van der Waals surface area contributed by atoms with Crippen LogP contribution in [0.4, 0.5) is 0 Å². The second-order valence-corrected chi connectivity index (χ2v) is 8.58. The SMILES string of the molecule is CO[C@@H]([C@@H]1CCCN1)[C@@H](C)C(=O)N[C@@H](Cc1ccccc1)CS(N)(=O)=O. The normalized spacial score (nSPS) is 21.1. The van der Waals surface area contributed by atoms with E-state index in [0.29, 0.717) is 6.42 Å². The minimum Gasteiger partial charge on any atom is -0.379 e. The molecule has 26 heavy (non-hydrogen) atoms. The Kier molecular flexibility index (Phi) is 7.57. The van der Waals surface area contributed by atoms with Gasteiger partial charge in [-0.05, 0) is 31.4 Å². The Morgan fingerprint density at radius 2 is 2.08 bits per heavy atom. The monoisotopic (exact) mass is 383 g/mol. The highest BCUT2D eigenvalue weighted by Crippen LogP contribution is 2.19. The Hall–Kier alpha value is -1.48. The molecule has 8 heteroatoms. The molecule has 0 spiro atoms. The molecule has 1 amide bonds. The minimum absolute atomic E-state index is 0.131. The number of amides is 1. The van der Waals surface area contributed by atoms with Gasteiger partial charge in [0.25, 0.3) is 0 Å². The van der Waals surface area contributed by atoms with E-state index in [1.165, 1.54) is 0 Å². The van der Waals surface area contributed by atoms with Crippen molar-refractivity contribution in [3.63, 3.8) is 0 Å². The van der Waals surface area contributed by atoms with E-state index in [9.17, 15) is 13.2 Å². The quantitative estimate of drug-likeness (QED) is 0.572. The van der Waals surface area contributed by atoms with Gasteiger partial charge in [0, 0.05) is 19.2 Å². The third-order valence-corrected chi connectivity index (χ3v) is 5.65. The first-order valence-electron chi connectivity index (χ1n) is 8.91. The first-order valence-corrected chi connectivity index (χ1v) is 10.6. The fourth-order valence-electron chi connectivity index (χ4n) is 3.52. The van der Waals surface area contributed by atoms with Crippen molar-refractivity contribution in [2.24, 2.45) is 11.1 Å². The standard InChI is InChI=1S/C18H29N3O4S/c1-13(17(25-2)16-9-6-10-20-16)18(22)21-15(12-26(19,23)24)11-14-7-4-3-5-8-14/h3-5,7-8,13,15-17,20H,6,9-12H2,1-2H3,(H,21,22)(H2,19,23,24)/t13-,15+,16+,17-/m1/s1. The third-order valence-electron chi connectivity index (χ3n) is 4.78. The predicted molar refractivity (Wildman–Crippen MR) is 101 cm³/mol. The average molecular weight is 384 g/mol. The van der Waals surface area contributed by atoms with Crippen LogP contribution in [0.25, 0.3) is 0 Å². The second kappa shape index (κ2) is 9.45. The molecule has 7 nitrogen and oxygen atoms in total. The summed E-state index contributed by atoms with van der Waals surface area (Å²) in [4.78, 5) is 12.7. The van der Waals surface area contributed by atoms with Gasteiger partial charge in [0.2, 0.25) is 15.9 Å². The van der Waals surface area contributed by atoms with Gasteiger partial charge < -0.3 is 15.4 Å². The van der Waals surface area contributed by atoms with E-state index in [1.54, 1.807) is 14.0 Å². The number of hydrogen-bond donors (Lipinski definition) is 3. The fourth-order valence-corrected chi connectivity index (χ4v) is 4.28. The van der Waals surface area contributed by atoms with Gasteiger partial charge in [0.15, 0.2) is 0 Å². The van der Waals surface area contributed by atoms with Gasteiger partial charge in [-0.3, -0.25) is 4.79 Å². The van der Waals surface area contributed by atoms with Gasteiger partial charge in [-0.1, -0.05) is 37.3 Å². The smallest absolute Gasteiger partial charge is 0.225 e. The molecule has 1 aromatic carbocycles. The summed E-state index contributed by atoms with van der Waals surface area (Å²) in [6, 6.07) is 8.97. The van der Waals surface area contributed by atoms with Gasteiger partial charge in [0.1, 0.15) is 0 Å². The number of primary sulfonamides is 1. The fraction of sp³-hybridized carbons (Fsp3) is 0.611. The van der Waals surface area contributed by atoms with E-state index in [4.69, 9.17) is 9.88 Å². The number of sulfonamides is 1. The number of rotatable bonds is 9. The second-order valence-electron chi connectivity index (χ2n) is 6.92. The molecule has 0 aromatic heterocycles. The van der Waals surface area contributed by atoms with Gasteiger partial charge in [0.05, 0.1) is 17.8 Å². The lowest BCUT2D eigenvalue weighted by atomic mass is 9.95. The maximum Gasteiger partial charge on any atom is 0.225 e. The van der Waals surface area contributed by atoms with Gasteiger partial charge in [-0.15, -0.1) is 0 Å². The number of benzene rings is 1. The molecule has 0 bridgehead atoms. The highest BCUT2D eigenvalue weighted by Gasteiger charge is 2.34. The van der Waals surface area contributed by atoms with Crippen LogP contribution in [0, 0.1) is 5.92 Å². The van der Waals surface area contributed by atoms with Crippen LogP contribution in [-0.2, 0) is 26.0 Å². The van der Waals surface area contributed by atoms with Crippen molar-refractivity contribution in [3.8, 4) is 0 Å². The summed E-state index contributed by atoms with van der Waals surface area (Å²) in [6.07, 6.45) is 2.15. The van der Waals surface area contributed by atoms with Crippen molar-refractivity contribution in [2.75, 3.05) is 19.4 Å². The van der Waals surface area contributed by atoms with E-state index in [1.807, 2.05) is 30.3 Å². The van der Waals surface area contributed by atoms with Crippen molar-refractivity contribution in [3.05, 3.63) is 35.9 Å². The van der Waals surface area contributed by atoms with Crippen molar-refractivity contribution in [2.45, 2.75) is 44.4 Å². The summed E-state index contributed by atoms with van der Waals surface area (Å²) in [5.41, 5.74) is 0.940. The highest BCUT2D eigenvalue weighted by atomic mass is 32.2. The van der Waals surface area contributed by atoms with Gasteiger partial charge in [-0.2, -0.15) is 0 Å². The van der Waals surface area contributed by atoms with Crippen LogP contribution in [0.1, 0.15) is 25.3 Å². The van der Waals surface area contributed by atoms with Crippen LogP contribution < -0.4 is 15.8 Å². The van der Waals surface area contributed by atoms with Crippen LogP contribution in [0.3, 0.4) is 0 Å². The van der Waals surface area contributed by atoms with Crippen molar-refractivity contribution < 1.29 is 17.9 Å². The maximum absolute atomic E-state index is 12.7. The first-order chi connectivity index (χ1) is 12.3. The van der Waals surface area contributed by atoms with Crippen molar-refractivity contribution >= 4 is 15.9 Å². The zero-order chi connectivity index (χ0) is 19.2. The third kappa shape index (κ3) is 6.35. The molecule has 0 saturated carbocycles. The number of ether oxygens (including phenoxy) is 1. The number of carbonyl (C=O) groups excluding carboxylic acids is 1. The molecule has 1 aliphatic rings. The molecule has 1 aromatic rings. The lowest BCUT2D eigenvalue weighted by Crippen LogP contribution is -2.50. The molecule has 4 N–H and O–H groups in total. The molecule has 146 valence electrons. The Balaban J connectivity index is 2.06. The Morgan fingerprint density at radius 3 is 2.62 bits per heavy atom. The number of methoxy groups -OCH3 is 1. The molecule has 1 saturated heterocycles. The lowest BCUT2D eigenvalue weighted by Gasteiger charge is -2.29. The largest absolute Gasteiger partial charge is 0.379 e.